The Morgan fingerprint density at radius 1 is 1.08 bits per heavy atom. The molecule has 1 aromatic rings. The lowest BCUT2D eigenvalue weighted by atomic mass is 9.78. The van der Waals surface area contributed by atoms with Crippen molar-refractivity contribution < 1.29 is 22.5 Å². The van der Waals surface area contributed by atoms with Crippen molar-refractivity contribution in [3.05, 3.63) is 29.8 Å². The molecule has 0 atom stereocenters. The molecule has 3 rings (SSSR count). The molecule has 0 radical (unpaired) electrons. The quantitative estimate of drug-likeness (QED) is 0.747. The van der Waals surface area contributed by atoms with Crippen molar-refractivity contribution >= 4 is 22.6 Å². The molecule has 138 valence electrons. The third-order valence-corrected chi connectivity index (χ3v) is 7.04. The van der Waals surface area contributed by atoms with Crippen LogP contribution in [0.2, 0.25) is 0 Å². The maximum atomic E-state index is 12.6. The van der Waals surface area contributed by atoms with Crippen molar-refractivity contribution in [1.82, 2.24) is 4.31 Å². The van der Waals surface area contributed by atoms with Crippen LogP contribution >= 0.6 is 0 Å². The molecule has 25 heavy (non-hydrogen) atoms. The summed E-state index contributed by atoms with van der Waals surface area (Å²) in [5, 5.41) is 0. The summed E-state index contributed by atoms with van der Waals surface area (Å²) >= 11 is 0. The van der Waals surface area contributed by atoms with E-state index in [9.17, 15) is 8.42 Å². The molecule has 1 aromatic carbocycles. The smallest absolute Gasteiger partial charge is 0.399 e. The third kappa shape index (κ3) is 3.93. The second kappa shape index (κ2) is 6.66. The van der Waals surface area contributed by atoms with E-state index in [-0.39, 0.29) is 5.75 Å². The fourth-order valence-electron chi connectivity index (χ4n) is 2.94. The zero-order chi connectivity index (χ0) is 18.3. The molecule has 6 nitrogen and oxygen atoms in total. The zero-order valence-corrected chi connectivity index (χ0v) is 16.1. The van der Waals surface area contributed by atoms with E-state index >= 15 is 0 Å². The van der Waals surface area contributed by atoms with Crippen LogP contribution in [0, 0.1) is 0 Å². The first kappa shape index (κ1) is 18.9. The van der Waals surface area contributed by atoms with E-state index in [1.807, 2.05) is 52.0 Å². The maximum Gasteiger partial charge on any atom is 0.494 e. The van der Waals surface area contributed by atoms with Gasteiger partial charge in [-0.15, -0.1) is 0 Å². The van der Waals surface area contributed by atoms with Crippen LogP contribution in [0.15, 0.2) is 24.3 Å². The second-order valence-electron chi connectivity index (χ2n) is 7.60. The highest BCUT2D eigenvalue weighted by Gasteiger charge is 2.51. The van der Waals surface area contributed by atoms with Crippen molar-refractivity contribution in [3.8, 4) is 0 Å². The van der Waals surface area contributed by atoms with Gasteiger partial charge in [0.1, 0.15) is 0 Å². The Hall–Kier alpha value is -0.925. The van der Waals surface area contributed by atoms with E-state index in [1.54, 1.807) is 0 Å². The first-order chi connectivity index (χ1) is 11.6. The average molecular weight is 367 g/mol. The molecule has 2 saturated heterocycles. The first-order valence-corrected chi connectivity index (χ1v) is 10.2. The standard InChI is InChI=1S/C17H26BNO5S/c1-16(2)17(3,4)24-18(23-16)15-7-5-6-14(12-15)13-25(20,21)19-8-10-22-11-9-19/h5-7,12H,8-11,13H2,1-4H3. The SMILES string of the molecule is CC1(C)OB(c2cccc(CS(=O)(=O)N3CCOCC3)c2)OC1(C)C. The summed E-state index contributed by atoms with van der Waals surface area (Å²) in [5.41, 5.74) is 0.730. The van der Waals surface area contributed by atoms with E-state index < -0.39 is 28.3 Å². The molecule has 0 N–H and O–H groups in total. The van der Waals surface area contributed by atoms with Crippen LogP contribution in [0.1, 0.15) is 33.3 Å². The van der Waals surface area contributed by atoms with Crippen molar-refractivity contribution in [2.24, 2.45) is 0 Å². The number of benzene rings is 1. The van der Waals surface area contributed by atoms with E-state index in [0.29, 0.717) is 26.3 Å². The molecule has 2 heterocycles. The summed E-state index contributed by atoms with van der Waals surface area (Å²) in [6.45, 7) is 9.73. The van der Waals surface area contributed by atoms with Crippen LogP contribution in [0.5, 0.6) is 0 Å². The van der Waals surface area contributed by atoms with Crippen LogP contribution < -0.4 is 5.46 Å². The highest BCUT2D eigenvalue weighted by Crippen LogP contribution is 2.36. The maximum absolute atomic E-state index is 12.6. The van der Waals surface area contributed by atoms with Crippen LogP contribution in [0.25, 0.3) is 0 Å². The molecule has 0 aromatic heterocycles. The minimum Gasteiger partial charge on any atom is -0.399 e. The lowest BCUT2D eigenvalue weighted by Crippen LogP contribution is -2.41. The highest BCUT2D eigenvalue weighted by molar-refractivity contribution is 7.88. The minimum atomic E-state index is -3.35. The number of sulfonamides is 1. The molecule has 8 heteroatoms. The largest absolute Gasteiger partial charge is 0.494 e. The molecule has 2 aliphatic heterocycles. The zero-order valence-electron chi connectivity index (χ0n) is 15.3. The fraction of sp³-hybridized carbons (Fsp3) is 0.647. The van der Waals surface area contributed by atoms with Crippen molar-refractivity contribution in [2.75, 3.05) is 26.3 Å². The van der Waals surface area contributed by atoms with Gasteiger partial charge in [0.2, 0.25) is 10.0 Å². The molecule has 0 amide bonds. The number of ether oxygens (including phenoxy) is 1. The predicted molar refractivity (Wildman–Crippen MR) is 97.2 cm³/mol. The van der Waals surface area contributed by atoms with Gasteiger partial charge in [0.15, 0.2) is 0 Å². The lowest BCUT2D eigenvalue weighted by molar-refractivity contribution is 0.00578. The van der Waals surface area contributed by atoms with E-state index in [1.165, 1.54) is 4.31 Å². The number of rotatable bonds is 4. The van der Waals surface area contributed by atoms with Crippen molar-refractivity contribution in [3.63, 3.8) is 0 Å². The van der Waals surface area contributed by atoms with Crippen LogP contribution in [0.4, 0.5) is 0 Å². The summed E-state index contributed by atoms with van der Waals surface area (Å²) in [7, 11) is -3.84. The molecule has 0 spiro atoms. The van der Waals surface area contributed by atoms with E-state index in [0.717, 1.165) is 11.0 Å². The Kier molecular flexibility index (Phi) is 5.03. The van der Waals surface area contributed by atoms with Gasteiger partial charge in [-0.25, -0.2) is 8.42 Å². The lowest BCUT2D eigenvalue weighted by Gasteiger charge is -2.32. The van der Waals surface area contributed by atoms with Crippen LogP contribution in [-0.4, -0.2) is 57.3 Å². The van der Waals surface area contributed by atoms with Crippen LogP contribution in [-0.2, 0) is 29.8 Å². The Morgan fingerprint density at radius 3 is 2.28 bits per heavy atom. The molecule has 0 saturated carbocycles. The molecular weight excluding hydrogens is 341 g/mol. The number of hydrogen-bond donors (Lipinski definition) is 0. The third-order valence-electron chi connectivity index (χ3n) is 5.19. The Morgan fingerprint density at radius 2 is 1.68 bits per heavy atom. The first-order valence-electron chi connectivity index (χ1n) is 8.61. The minimum absolute atomic E-state index is 0.0274. The monoisotopic (exact) mass is 367 g/mol. The van der Waals surface area contributed by atoms with Gasteiger partial charge in [0, 0.05) is 13.1 Å². The number of morpholine rings is 1. The summed E-state index contributed by atoms with van der Waals surface area (Å²) in [5.74, 6) is -0.0274. The van der Waals surface area contributed by atoms with Gasteiger partial charge in [-0.05, 0) is 38.7 Å². The van der Waals surface area contributed by atoms with Gasteiger partial charge in [-0.1, -0.05) is 24.3 Å². The summed E-state index contributed by atoms with van der Waals surface area (Å²) in [6.07, 6.45) is 0. The van der Waals surface area contributed by atoms with E-state index in [4.69, 9.17) is 14.0 Å². The molecule has 2 fully saturated rings. The van der Waals surface area contributed by atoms with Gasteiger partial charge in [0.25, 0.3) is 0 Å². The van der Waals surface area contributed by atoms with Gasteiger partial charge < -0.3 is 14.0 Å². The number of hydrogen-bond acceptors (Lipinski definition) is 5. The van der Waals surface area contributed by atoms with Crippen molar-refractivity contribution in [1.29, 1.82) is 0 Å². The predicted octanol–water partition coefficient (Wildman–Crippen LogP) is 1.15. The van der Waals surface area contributed by atoms with Gasteiger partial charge >= 0.3 is 7.12 Å². The Bertz CT molecular complexity index is 712. The second-order valence-corrected chi connectivity index (χ2v) is 9.57. The van der Waals surface area contributed by atoms with Gasteiger partial charge in [0.05, 0.1) is 30.2 Å². The fourth-order valence-corrected chi connectivity index (χ4v) is 4.42. The molecule has 0 aliphatic carbocycles. The number of nitrogens with zero attached hydrogens (tertiary/aromatic N) is 1. The molecule has 2 aliphatic rings. The van der Waals surface area contributed by atoms with Gasteiger partial charge in [-0.3, -0.25) is 0 Å². The van der Waals surface area contributed by atoms with Gasteiger partial charge in [-0.2, -0.15) is 4.31 Å². The van der Waals surface area contributed by atoms with Crippen LogP contribution in [0.3, 0.4) is 0 Å². The van der Waals surface area contributed by atoms with Crippen molar-refractivity contribution in [2.45, 2.75) is 44.6 Å². The Labute approximate surface area is 150 Å². The molecular formula is C17H26BNO5S. The topological polar surface area (TPSA) is 65.1 Å². The summed E-state index contributed by atoms with van der Waals surface area (Å²) in [4.78, 5) is 0. The normalized spacial score (nSPS) is 23.8. The average Bonchev–Trinajstić information content (AvgIpc) is 2.76. The molecule has 0 bridgehead atoms. The Balaban J connectivity index is 1.76. The summed E-state index contributed by atoms with van der Waals surface area (Å²) in [6, 6.07) is 7.45. The molecule has 0 unspecified atom stereocenters. The summed E-state index contributed by atoms with van der Waals surface area (Å²) < 4.78 is 44.0. The van der Waals surface area contributed by atoms with E-state index in [2.05, 4.69) is 0 Å². The highest BCUT2D eigenvalue weighted by atomic mass is 32.2.